The summed E-state index contributed by atoms with van der Waals surface area (Å²) in [4.78, 5) is 21.4. The fraction of sp³-hybridized carbons (Fsp3) is 0.500. The molecule has 2 aliphatic rings. The minimum absolute atomic E-state index is 0.0117. The molecule has 2 atom stereocenters. The van der Waals surface area contributed by atoms with Gasteiger partial charge in [0.25, 0.3) is 0 Å². The second-order valence-electron chi connectivity index (χ2n) is 7.46. The van der Waals surface area contributed by atoms with Gasteiger partial charge in [-0.15, -0.1) is 0 Å². The molecule has 0 spiro atoms. The molecule has 0 aliphatic carbocycles. The Bertz CT molecular complexity index is 840. The van der Waals surface area contributed by atoms with E-state index in [0.29, 0.717) is 19.5 Å². The average molecular weight is 355 g/mol. The molecule has 0 amide bonds. The molecule has 2 fully saturated rings. The molecule has 0 radical (unpaired) electrons. The van der Waals surface area contributed by atoms with E-state index in [0.717, 1.165) is 41.9 Å². The molecular weight excluding hydrogens is 330 g/mol. The van der Waals surface area contributed by atoms with Gasteiger partial charge < -0.3 is 19.6 Å². The zero-order valence-corrected chi connectivity index (χ0v) is 15.3. The lowest BCUT2D eigenvalue weighted by Crippen LogP contribution is -2.63. The van der Waals surface area contributed by atoms with Crippen molar-refractivity contribution in [1.29, 1.82) is 0 Å². The molecule has 4 rings (SSSR count). The van der Waals surface area contributed by atoms with E-state index in [4.69, 9.17) is 9.72 Å². The van der Waals surface area contributed by atoms with Gasteiger partial charge in [-0.25, -0.2) is 4.98 Å². The highest BCUT2D eigenvalue weighted by Crippen LogP contribution is 2.43. The van der Waals surface area contributed by atoms with Gasteiger partial charge in [-0.2, -0.15) is 0 Å². The number of benzene rings is 1. The molecule has 2 aromatic rings. The number of para-hydroxylation sites is 1. The predicted molar refractivity (Wildman–Crippen MR) is 101 cm³/mol. The Kier molecular flexibility index (Phi) is 4.23. The van der Waals surface area contributed by atoms with Gasteiger partial charge in [-0.05, 0) is 51.1 Å². The second-order valence-corrected chi connectivity index (χ2v) is 7.46. The van der Waals surface area contributed by atoms with Crippen LogP contribution in [0.3, 0.4) is 0 Å². The molecule has 6 heteroatoms. The number of aliphatic carboxylic acids is 1. The predicted octanol–water partition coefficient (Wildman–Crippen LogP) is 2.62. The van der Waals surface area contributed by atoms with Crippen molar-refractivity contribution in [2.75, 3.05) is 38.7 Å². The van der Waals surface area contributed by atoms with Crippen LogP contribution in [0.15, 0.2) is 30.3 Å². The van der Waals surface area contributed by atoms with E-state index in [1.807, 2.05) is 31.3 Å². The summed E-state index contributed by atoms with van der Waals surface area (Å²) in [5, 5.41) is 11.0. The summed E-state index contributed by atoms with van der Waals surface area (Å²) in [7, 11) is 3.70. The van der Waals surface area contributed by atoms with Crippen molar-refractivity contribution in [3.8, 4) is 5.75 Å². The molecule has 0 unspecified atom stereocenters. The Labute approximate surface area is 153 Å². The minimum atomic E-state index is -0.651. The van der Waals surface area contributed by atoms with Crippen molar-refractivity contribution in [3.63, 3.8) is 0 Å². The standard InChI is InChI=1S/C20H25N3O3/c1-22-11-4-9-20(19(24)25)10-12-23(13-16(20)22)17-8-7-14-5-3-6-15(26-2)18(14)21-17/h3,5-8,16H,4,9-13H2,1-2H3,(H,24,25)/t16-,20+/m1/s1. The van der Waals surface area contributed by atoms with Crippen LogP contribution in [0.5, 0.6) is 5.75 Å². The Balaban J connectivity index is 1.67. The van der Waals surface area contributed by atoms with Crippen LogP contribution in [0.4, 0.5) is 5.82 Å². The number of hydrogen-bond acceptors (Lipinski definition) is 5. The number of piperidine rings is 2. The largest absolute Gasteiger partial charge is 0.494 e. The number of likely N-dealkylation sites (tertiary alicyclic amines) is 1. The van der Waals surface area contributed by atoms with Crippen LogP contribution < -0.4 is 9.64 Å². The van der Waals surface area contributed by atoms with Gasteiger partial charge in [0, 0.05) is 24.5 Å². The van der Waals surface area contributed by atoms with Crippen molar-refractivity contribution in [2.45, 2.75) is 25.3 Å². The number of aromatic nitrogens is 1. The maximum absolute atomic E-state index is 12.1. The molecule has 1 aromatic heterocycles. The summed E-state index contributed by atoms with van der Waals surface area (Å²) >= 11 is 0. The quantitative estimate of drug-likeness (QED) is 0.913. The topological polar surface area (TPSA) is 65.9 Å². The molecule has 2 aliphatic heterocycles. The second kappa shape index (κ2) is 6.43. The lowest BCUT2D eigenvalue weighted by Gasteiger charge is -2.52. The first kappa shape index (κ1) is 17.1. The first-order valence-corrected chi connectivity index (χ1v) is 9.17. The van der Waals surface area contributed by atoms with Crippen LogP contribution in [0.2, 0.25) is 0 Å². The monoisotopic (exact) mass is 355 g/mol. The molecule has 138 valence electrons. The number of methoxy groups -OCH3 is 1. The third-order valence-electron chi connectivity index (χ3n) is 6.16. The summed E-state index contributed by atoms with van der Waals surface area (Å²) in [6, 6.07) is 10.00. The van der Waals surface area contributed by atoms with Crippen LogP contribution in [-0.4, -0.2) is 60.8 Å². The zero-order valence-electron chi connectivity index (χ0n) is 15.3. The lowest BCUT2D eigenvalue weighted by atomic mass is 9.68. The number of carbonyl (C=O) groups is 1. The Morgan fingerprint density at radius 1 is 1.27 bits per heavy atom. The number of hydrogen-bond donors (Lipinski definition) is 1. The van der Waals surface area contributed by atoms with Crippen LogP contribution in [-0.2, 0) is 4.79 Å². The summed E-state index contributed by atoms with van der Waals surface area (Å²) in [5.74, 6) is 0.998. The third kappa shape index (κ3) is 2.60. The molecule has 1 aromatic carbocycles. The number of likely N-dealkylation sites (N-methyl/N-ethyl adjacent to an activating group) is 1. The van der Waals surface area contributed by atoms with Gasteiger partial charge in [0.2, 0.25) is 0 Å². The summed E-state index contributed by atoms with van der Waals surface area (Å²) in [5.41, 5.74) is 0.220. The maximum atomic E-state index is 12.1. The van der Waals surface area contributed by atoms with Crippen molar-refractivity contribution < 1.29 is 14.6 Å². The van der Waals surface area contributed by atoms with Crippen molar-refractivity contribution in [3.05, 3.63) is 30.3 Å². The maximum Gasteiger partial charge on any atom is 0.311 e. The average Bonchev–Trinajstić information content (AvgIpc) is 2.67. The van der Waals surface area contributed by atoms with Gasteiger partial charge in [-0.3, -0.25) is 4.79 Å². The summed E-state index contributed by atoms with van der Waals surface area (Å²) in [6.07, 6.45) is 2.37. The summed E-state index contributed by atoms with van der Waals surface area (Å²) < 4.78 is 5.45. The molecule has 26 heavy (non-hydrogen) atoms. The van der Waals surface area contributed by atoms with Crippen molar-refractivity contribution >= 4 is 22.7 Å². The van der Waals surface area contributed by atoms with Crippen LogP contribution in [0, 0.1) is 5.41 Å². The van der Waals surface area contributed by atoms with Crippen LogP contribution >= 0.6 is 0 Å². The Hall–Kier alpha value is -2.34. The number of carboxylic acid groups (broad SMARTS) is 1. The van der Waals surface area contributed by atoms with E-state index < -0.39 is 11.4 Å². The first-order chi connectivity index (χ1) is 12.5. The van der Waals surface area contributed by atoms with Gasteiger partial charge >= 0.3 is 5.97 Å². The highest BCUT2D eigenvalue weighted by Gasteiger charge is 2.52. The number of anilines is 1. The number of carboxylic acids is 1. The van der Waals surface area contributed by atoms with E-state index in [2.05, 4.69) is 15.9 Å². The number of fused-ring (bicyclic) bond motifs is 2. The van der Waals surface area contributed by atoms with E-state index in [9.17, 15) is 9.90 Å². The molecule has 0 bridgehead atoms. The van der Waals surface area contributed by atoms with E-state index in [1.165, 1.54) is 0 Å². The van der Waals surface area contributed by atoms with Crippen molar-refractivity contribution in [2.24, 2.45) is 5.41 Å². The van der Waals surface area contributed by atoms with E-state index >= 15 is 0 Å². The molecule has 2 saturated heterocycles. The van der Waals surface area contributed by atoms with E-state index in [-0.39, 0.29) is 6.04 Å². The van der Waals surface area contributed by atoms with Crippen LogP contribution in [0.1, 0.15) is 19.3 Å². The fourth-order valence-electron chi connectivity index (χ4n) is 4.64. The normalized spacial score (nSPS) is 26.5. The molecule has 6 nitrogen and oxygen atoms in total. The van der Waals surface area contributed by atoms with Crippen LogP contribution in [0.25, 0.3) is 10.9 Å². The smallest absolute Gasteiger partial charge is 0.311 e. The van der Waals surface area contributed by atoms with Gasteiger partial charge in [-0.1, -0.05) is 12.1 Å². The SMILES string of the molecule is COc1cccc2ccc(N3CC[C@@]4(C(=O)O)CCCN(C)[C@@H]4C3)nc12. The molecular formula is C20H25N3O3. The Morgan fingerprint density at radius 3 is 2.88 bits per heavy atom. The Morgan fingerprint density at radius 2 is 2.12 bits per heavy atom. The fourth-order valence-corrected chi connectivity index (χ4v) is 4.64. The number of nitrogens with zero attached hydrogens (tertiary/aromatic N) is 3. The number of rotatable bonds is 3. The number of ether oxygens (including phenoxy) is 1. The van der Waals surface area contributed by atoms with Gasteiger partial charge in [0.1, 0.15) is 17.1 Å². The van der Waals surface area contributed by atoms with E-state index in [1.54, 1.807) is 7.11 Å². The minimum Gasteiger partial charge on any atom is -0.494 e. The molecule has 0 saturated carbocycles. The highest BCUT2D eigenvalue weighted by atomic mass is 16.5. The lowest BCUT2D eigenvalue weighted by molar-refractivity contribution is -0.158. The highest BCUT2D eigenvalue weighted by molar-refractivity contribution is 5.86. The summed E-state index contributed by atoms with van der Waals surface area (Å²) in [6.45, 7) is 2.35. The third-order valence-corrected chi connectivity index (χ3v) is 6.16. The molecule has 3 heterocycles. The van der Waals surface area contributed by atoms with Gasteiger partial charge in [0.05, 0.1) is 12.5 Å². The zero-order chi connectivity index (χ0) is 18.3. The number of pyridine rings is 1. The molecule has 1 N–H and O–H groups in total. The van der Waals surface area contributed by atoms with Crippen molar-refractivity contribution in [1.82, 2.24) is 9.88 Å². The van der Waals surface area contributed by atoms with Gasteiger partial charge in [0.15, 0.2) is 0 Å². The first-order valence-electron chi connectivity index (χ1n) is 9.17.